The highest BCUT2D eigenvalue weighted by molar-refractivity contribution is 5.89. The predicted molar refractivity (Wildman–Crippen MR) is 92.4 cm³/mol. The highest BCUT2D eigenvalue weighted by atomic mass is 19.1. The Balaban J connectivity index is 1.51. The number of urea groups is 1. The van der Waals surface area contributed by atoms with Crippen molar-refractivity contribution in [3.8, 4) is 0 Å². The quantitative estimate of drug-likeness (QED) is 0.925. The van der Waals surface area contributed by atoms with Crippen LogP contribution in [-0.4, -0.2) is 29.0 Å². The van der Waals surface area contributed by atoms with E-state index in [-0.39, 0.29) is 11.8 Å². The van der Waals surface area contributed by atoms with Crippen LogP contribution in [0.2, 0.25) is 0 Å². The van der Waals surface area contributed by atoms with Crippen LogP contribution in [0.4, 0.5) is 14.9 Å². The van der Waals surface area contributed by atoms with E-state index in [1.54, 1.807) is 18.3 Å². The summed E-state index contributed by atoms with van der Waals surface area (Å²) in [5, 5.41) is 2.91. The van der Waals surface area contributed by atoms with Crippen molar-refractivity contribution in [1.29, 1.82) is 0 Å². The number of carbonyl (C=O) groups excluding carboxylic acids is 1. The second-order valence-corrected chi connectivity index (χ2v) is 6.34. The smallest absolute Gasteiger partial charge is 0.321 e. The van der Waals surface area contributed by atoms with Gasteiger partial charge >= 0.3 is 6.03 Å². The topological polar surface area (TPSA) is 45.2 Å². The standard InChI is InChI=1S/C19H22FN3O/c1-14-12-17(6-9-21-14)22-19(24)23-10-7-15(8-11-23)13-16-4-2-3-5-18(16)20/h2-6,9,12,15H,7-8,10-11,13H2,1H3,(H,21,22,24). The highest BCUT2D eigenvalue weighted by Crippen LogP contribution is 2.23. The number of amides is 2. The van der Waals surface area contributed by atoms with E-state index in [1.807, 2.05) is 30.0 Å². The molecule has 1 aromatic carbocycles. The zero-order valence-corrected chi connectivity index (χ0v) is 13.8. The summed E-state index contributed by atoms with van der Waals surface area (Å²) in [6.45, 7) is 3.30. The summed E-state index contributed by atoms with van der Waals surface area (Å²) in [5.74, 6) is 0.292. The summed E-state index contributed by atoms with van der Waals surface area (Å²) in [6.07, 6.45) is 4.23. The van der Waals surface area contributed by atoms with Crippen LogP contribution < -0.4 is 5.32 Å². The van der Waals surface area contributed by atoms with Gasteiger partial charge in [-0.2, -0.15) is 0 Å². The van der Waals surface area contributed by atoms with Crippen LogP contribution in [0.15, 0.2) is 42.6 Å². The van der Waals surface area contributed by atoms with Gasteiger partial charge in [0, 0.05) is 30.7 Å². The van der Waals surface area contributed by atoms with E-state index in [2.05, 4.69) is 10.3 Å². The lowest BCUT2D eigenvalue weighted by Crippen LogP contribution is -2.41. The molecule has 24 heavy (non-hydrogen) atoms. The van der Waals surface area contributed by atoms with Crippen LogP contribution in [0.3, 0.4) is 0 Å². The molecule has 1 aliphatic rings. The van der Waals surface area contributed by atoms with Crippen molar-refractivity contribution in [1.82, 2.24) is 9.88 Å². The molecule has 1 N–H and O–H groups in total. The van der Waals surface area contributed by atoms with Gasteiger partial charge in [-0.1, -0.05) is 18.2 Å². The molecule has 0 atom stereocenters. The molecule has 1 aromatic heterocycles. The van der Waals surface area contributed by atoms with Gasteiger partial charge < -0.3 is 10.2 Å². The van der Waals surface area contributed by atoms with Gasteiger partial charge in [-0.25, -0.2) is 9.18 Å². The average Bonchev–Trinajstić information content (AvgIpc) is 2.57. The molecule has 0 radical (unpaired) electrons. The van der Waals surface area contributed by atoms with Crippen molar-refractivity contribution < 1.29 is 9.18 Å². The molecule has 2 heterocycles. The van der Waals surface area contributed by atoms with Crippen molar-refractivity contribution in [2.24, 2.45) is 5.92 Å². The molecule has 0 bridgehead atoms. The molecule has 4 nitrogen and oxygen atoms in total. The molecule has 1 aliphatic heterocycles. The van der Waals surface area contributed by atoms with Crippen molar-refractivity contribution >= 4 is 11.7 Å². The number of piperidine rings is 1. The molecule has 126 valence electrons. The van der Waals surface area contributed by atoms with E-state index in [1.165, 1.54) is 6.07 Å². The van der Waals surface area contributed by atoms with Gasteiger partial charge in [-0.3, -0.25) is 4.98 Å². The molecular weight excluding hydrogens is 305 g/mol. The minimum Gasteiger partial charge on any atom is -0.325 e. The Morgan fingerprint density at radius 1 is 1.29 bits per heavy atom. The Bertz CT molecular complexity index is 711. The van der Waals surface area contributed by atoms with Crippen LogP contribution in [0.5, 0.6) is 0 Å². The number of pyridine rings is 1. The van der Waals surface area contributed by atoms with Crippen LogP contribution >= 0.6 is 0 Å². The fourth-order valence-electron chi connectivity index (χ4n) is 3.14. The Hall–Kier alpha value is -2.43. The number of nitrogens with one attached hydrogen (secondary N) is 1. The Morgan fingerprint density at radius 3 is 2.75 bits per heavy atom. The first kappa shape index (κ1) is 16.4. The third kappa shape index (κ3) is 4.10. The number of hydrogen-bond donors (Lipinski definition) is 1. The second kappa shape index (κ2) is 7.43. The van der Waals surface area contributed by atoms with Gasteiger partial charge in [0.25, 0.3) is 0 Å². The fourth-order valence-corrected chi connectivity index (χ4v) is 3.14. The number of carbonyl (C=O) groups is 1. The fraction of sp³-hybridized carbons (Fsp3) is 0.368. The number of anilines is 1. The van der Waals surface area contributed by atoms with Gasteiger partial charge in [-0.05, 0) is 55.9 Å². The zero-order chi connectivity index (χ0) is 16.9. The number of hydrogen-bond acceptors (Lipinski definition) is 2. The van der Waals surface area contributed by atoms with Gasteiger partial charge in [-0.15, -0.1) is 0 Å². The van der Waals surface area contributed by atoms with Crippen LogP contribution in [0, 0.1) is 18.7 Å². The first-order valence-electron chi connectivity index (χ1n) is 8.34. The van der Waals surface area contributed by atoms with E-state index in [0.29, 0.717) is 19.0 Å². The van der Waals surface area contributed by atoms with E-state index < -0.39 is 0 Å². The summed E-state index contributed by atoms with van der Waals surface area (Å²) in [7, 11) is 0. The van der Waals surface area contributed by atoms with Crippen molar-refractivity contribution in [3.63, 3.8) is 0 Å². The molecule has 2 amide bonds. The number of rotatable bonds is 3. The van der Waals surface area contributed by atoms with E-state index in [4.69, 9.17) is 0 Å². The van der Waals surface area contributed by atoms with E-state index in [0.717, 1.165) is 36.2 Å². The molecule has 3 rings (SSSR count). The Morgan fingerprint density at radius 2 is 2.04 bits per heavy atom. The number of nitrogens with zero attached hydrogens (tertiary/aromatic N) is 2. The summed E-state index contributed by atoms with van der Waals surface area (Å²) >= 11 is 0. The maximum atomic E-state index is 13.7. The average molecular weight is 327 g/mol. The summed E-state index contributed by atoms with van der Waals surface area (Å²) < 4.78 is 13.7. The van der Waals surface area contributed by atoms with E-state index >= 15 is 0 Å². The maximum Gasteiger partial charge on any atom is 0.321 e. The maximum absolute atomic E-state index is 13.7. The third-order valence-corrected chi connectivity index (χ3v) is 4.52. The lowest BCUT2D eigenvalue weighted by Gasteiger charge is -2.32. The van der Waals surface area contributed by atoms with Gasteiger partial charge in [0.15, 0.2) is 0 Å². The number of halogens is 1. The van der Waals surface area contributed by atoms with Crippen LogP contribution in [0.1, 0.15) is 24.1 Å². The third-order valence-electron chi connectivity index (χ3n) is 4.52. The number of likely N-dealkylation sites (tertiary alicyclic amines) is 1. The number of aryl methyl sites for hydroxylation is 1. The Kier molecular flexibility index (Phi) is 5.08. The highest BCUT2D eigenvalue weighted by Gasteiger charge is 2.23. The van der Waals surface area contributed by atoms with Gasteiger partial charge in [0.05, 0.1) is 0 Å². The Labute approximate surface area is 141 Å². The summed E-state index contributed by atoms with van der Waals surface area (Å²) in [4.78, 5) is 18.3. The van der Waals surface area contributed by atoms with E-state index in [9.17, 15) is 9.18 Å². The molecule has 2 aromatic rings. The molecule has 0 aliphatic carbocycles. The van der Waals surface area contributed by atoms with Crippen molar-refractivity contribution in [2.75, 3.05) is 18.4 Å². The summed E-state index contributed by atoms with van der Waals surface area (Å²) in [6, 6.07) is 10.5. The predicted octanol–water partition coefficient (Wildman–Crippen LogP) is 4.02. The van der Waals surface area contributed by atoms with Crippen LogP contribution in [0.25, 0.3) is 0 Å². The molecule has 0 spiro atoms. The van der Waals surface area contributed by atoms with Crippen molar-refractivity contribution in [3.05, 3.63) is 59.7 Å². The van der Waals surface area contributed by atoms with Crippen molar-refractivity contribution in [2.45, 2.75) is 26.2 Å². The van der Waals surface area contributed by atoms with Gasteiger partial charge in [0.2, 0.25) is 0 Å². The lowest BCUT2D eigenvalue weighted by atomic mass is 9.90. The molecule has 5 heteroatoms. The zero-order valence-electron chi connectivity index (χ0n) is 13.8. The second-order valence-electron chi connectivity index (χ2n) is 6.34. The molecule has 1 saturated heterocycles. The minimum atomic E-state index is -0.134. The SMILES string of the molecule is Cc1cc(NC(=O)N2CCC(Cc3ccccc3F)CC2)ccn1. The molecule has 0 unspecified atom stereocenters. The summed E-state index contributed by atoms with van der Waals surface area (Å²) in [5.41, 5.74) is 2.41. The minimum absolute atomic E-state index is 0.0788. The number of benzene rings is 1. The molecule has 0 saturated carbocycles. The normalized spacial score (nSPS) is 15.3. The first-order chi connectivity index (χ1) is 11.6. The van der Waals surface area contributed by atoms with Gasteiger partial charge in [0.1, 0.15) is 5.82 Å². The first-order valence-corrected chi connectivity index (χ1v) is 8.34. The molecule has 1 fully saturated rings. The van der Waals surface area contributed by atoms with Crippen LogP contribution in [-0.2, 0) is 6.42 Å². The lowest BCUT2D eigenvalue weighted by molar-refractivity contribution is 0.182. The monoisotopic (exact) mass is 327 g/mol. The molecular formula is C19H22FN3O. The number of aromatic nitrogens is 1. The largest absolute Gasteiger partial charge is 0.325 e.